The van der Waals surface area contributed by atoms with E-state index in [1.807, 2.05) is 0 Å². The van der Waals surface area contributed by atoms with Gasteiger partial charge in [-0.3, -0.25) is 4.79 Å². The normalized spacial score (nSPS) is 10.6. The average molecular weight is 593 g/mol. The van der Waals surface area contributed by atoms with Crippen molar-refractivity contribution >= 4 is 47.3 Å². The number of hydrazone groups is 1. The van der Waals surface area contributed by atoms with Crippen LogP contribution < -0.4 is 24.4 Å². The van der Waals surface area contributed by atoms with E-state index >= 15 is 0 Å². The summed E-state index contributed by atoms with van der Waals surface area (Å²) in [5.74, 6) is -0.866. The molecule has 0 spiro atoms. The van der Waals surface area contributed by atoms with Gasteiger partial charge in [-0.15, -0.1) is 0 Å². The van der Waals surface area contributed by atoms with Crippen LogP contribution in [0.5, 0.6) is 23.0 Å². The van der Waals surface area contributed by atoms with Crippen LogP contribution in [0.3, 0.4) is 0 Å². The average Bonchev–Trinajstić information content (AvgIpc) is 2.98. The number of amides is 1. The molecule has 4 aromatic carbocycles. The summed E-state index contributed by atoms with van der Waals surface area (Å²) in [5, 5.41) is 4.92. The Labute approximate surface area is 245 Å². The number of esters is 2. The molecule has 4 aromatic rings. The van der Waals surface area contributed by atoms with Gasteiger partial charge in [0.2, 0.25) is 0 Å². The molecular weight excluding hydrogens is 571 g/mol. The van der Waals surface area contributed by atoms with Gasteiger partial charge in [0, 0.05) is 27.2 Å². The van der Waals surface area contributed by atoms with Gasteiger partial charge in [-0.1, -0.05) is 23.2 Å². The molecule has 0 radical (unpaired) electrons. The summed E-state index contributed by atoms with van der Waals surface area (Å²) in [6, 6.07) is 21.3. The number of benzene rings is 4. The molecule has 0 saturated heterocycles. The van der Waals surface area contributed by atoms with Crippen LogP contribution in [0.4, 0.5) is 0 Å². The minimum Gasteiger partial charge on any atom is -0.493 e. The Kier molecular flexibility index (Phi) is 9.57. The number of hydrogen-bond acceptors (Lipinski definition) is 8. The Bertz CT molecular complexity index is 1600. The van der Waals surface area contributed by atoms with Crippen molar-refractivity contribution < 1.29 is 33.3 Å². The molecule has 0 bridgehead atoms. The van der Waals surface area contributed by atoms with Gasteiger partial charge < -0.3 is 18.9 Å². The number of carbonyl (C=O) groups is 3. The van der Waals surface area contributed by atoms with Crippen LogP contribution in [-0.2, 0) is 0 Å². The fourth-order valence-electron chi connectivity index (χ4n) is 3.47. The van der Waals surface area contributed by atoms with Crippen molar-refractivity contribution in [2.45, 2.75) is 0 Å². The van der Waals surface area contributed by atoms with Crippen molar-refractivity contribution in [1.82, 2.24) is 5.43 Å². The number of hydrogen-bond donors (Lipinski definition) is 1. The molecule has 1 amide bonds. The quantitative estimate of drug-likeness (QED) is 0.106. The second-order valence-corrected chi connectivity index (χ2v) is 9.13. The van der Waals surface area contributed by atoms with E-state index in [2.05, 4.69) is 10.5 Å². The zero-order valence-corrected chi connectivity index (χ0v) is 23.2. The van der Waals surface area contributed by atoms with Crippen LogP contribution in [0.1, 0.15) is 36.6 Å². The van der Waals surface area contributed by atoms with Crippen LogP contribution in [-0.4, -0.2) is 38.3 Å². The third-order valence-corrected chi connectivity index (χ3v) is 6.08. The van der Waals surface area contributed by atoms with Crippen molar-refractivity contribution in [1.29, 1.82) is 0 Å². The lowest BCUT2D eigenvalue weighted by molar-refractivity contribution is 0.0732. The highest BCUT2D eigenvalue weighted by Gasteiger charge is 2.16. The summed E-state index contributed by atoms with van der Waals surface area (Å²) in [4.78, 5) is 38.0. The first-order chi connectivity index (χ1) is 19.8. The van der Waals surface area contributed by atoms with Gasteiger partial charge in [0.1, 0.15) is 11.5 Å². The molecule has 208 valence electrons. The highest BCUT2D eigenvalue weighted by molar-refractivity contribution is 6.31. The minimum atomic E-state index is -0.688. The number of rotatable bonds is 9. The van der Waals surface area contributed by atoms with Gasteiger partial charge in [0.05, 0.1) is 31.6 Å². The topological polar surface area (TPSA) is 113 Å². The van der Waals surface area contributed by atoms with Crippen LogP contribution in [0.25, 0.3) is 0 Å². The van der Waals surface area contributed by atoms with Gasteiger partial charge in [-0.2, -0.15) is 5.10 Å². The third-order valence-electron chi connectivity index (χ3n) is 5.57. The molecule has 0 aliphatic carbocycles. The van der Waals surface area contributed by atoms with Crippen molar-refractivity contribution in [3.05, 3.63) is 117 Å². The van der Waals surface area contributed by atoms with Crippen molar-refractivity contribution in [2.24, 2.45) is 5.10 Å². The summed E-state index contributed by atoms with van der Waals surface area (Å²) >= 11 is 11.8. The maximum atomic E-state index is 12.8. The molecule has 0 saturated carbocycles. The highest BCUT2D eigenvalue weighted by Crippen LogP contribution is 2.28. The zero-order valence-electron chi connectivity index (χ0n) is 21.7. The monoisotopic (exact) mass is 592 g/mol. The molecular formula is C30H22Cl2N2O7. The minimum absolute atomic E-state index is 0.0236. The molecule has 0 fully saturated rings. The van der Waals surface area contributed by atoms with Crippen molar-refractivity contribution in [2.75, 3.05) is 14.2 Å². The van der Waals surface area contributed by atoms with Crippen molar-refractivity contribution in [3.8, 4) is 23.0 Å². The van der Waals surface area contributed by atoms with Gasteiger partial charge in [0.25, 0.3) is 5.91 Å². The number of ether oxygens (including phenoxy) is 4. The predicted molar refractivity (Wildman–Crippen MR) is 154 cm³/mol. The fourth-order valence-corrected chi connectivity index (χ4v) is 3.72. The largest absolute Gasteiger partial charge is 0.493 e. The highest BCUT2D eigenvalue weighted by atomic mass is 35.5. The standard InChI is InChI=1S/C30H22Cl2N2O7/c1-38-25-14-8-20(15-27(25)39-2)28(35)34-33-17-21-7-13-24(40-29(36)18-3-9-22(31)10-4-18)16-26(21)41-30(37)19-5-11-23(32)12-6-19/h3-17H,1-2H3,(H,34,35). The summed E-state index contributed by atoms with van der Waals surface area (Å²) in [7, 11) is 2.95. The molecule has 9 nitrogen and oxygen atoms in total. The maximum Gasteiger partial charge on any atom is 0.343 e. The molecule has 0 aliphatic rings. The molecule has 0 aliphatic heterocycles. The Hall–Kier alpha value is -4.86. The van der Waals surface area contributed by atoms with E-state index < -0.39 is 17.8 Å². The zero-order chi connectivity index (χ0) is 29.4. The molecule has 1 N–H and O–H groups in total. The van der Waals surface area contributed by atoms with Crippen molar-refractivity contribution in [3.63, 3.8) is 0 Å². The fraction of sp³-hybridized carbons (Fsp3) is 0.0667. The van der Waals surface area contributed by atoms with Gasteiger partial charge >= 0.3 is 11.9 Å². The van der Waals surface area contributed by atoms with Crippen LogP contribution in [0.2, 0.25) is 10.0 Å². The molecule has 0 aromatic heterocycles. The van der Waals surface area contributed by atoms with Crippen LogP contribution >= 0.6 is 23.2 Å². The Morgan fingerprint density at radius 2 is 1.22 bits per heavy atom. The number of nitrogens with zero attached hydrogens (tertiary/aromatic N) is 1. The summed E-state index contributed by atoms with van der Waals surface area (Å²) < 4.78 is 21.5. The van der Waals surface area contributed by atoms with E-state index in [1.54, 1.807) is 36.4 Å². The van der Waals surface area contributed by atoms with E-state index in [4.69, 9.17) is 42.1 Å². The molecule has 41 heavy (non-hydrogen) atoms. The number of methoxy groups -OCH3 is 2. The lowest BCUT2D eigenvalue weighted by atomic mass is 10.2. The lowest BCUT2D eigenvalue weighted by Crippen LogP contribution is -2.18. The van der Waals surface area contributed by atoms with E-state index in [1.165, 1.54) is 69.0 Å². The maximum absolute atomic E-state index is 12.8. The van der Waals surface area contributed by atoms with Gasteiger partial charge in [0.15, 0.2) is 11.5 Å². The summed E-state index contributed by atoms with van der Waals surface area (Å²) in [6.45, 7) is 0. The van der Waals surface area contributed by atoms with E-state index in [9.17, 15) is 14.4 Å². The Morgan fingerprint density at radius 3 is 1.80 bits per heavy atom. The Morgan fingerprint density at radius 1 is 0.659 bits per heavy atom. The predicted octanol–water partition coefficient (Wildman–Crippen LogP) is 6.21. The summed E-state index contributed by atoms with van der Waals surface area (Å²) in [6.07, 6.45) is 1.29. The first-order valence-corrected chi connectivity index (χ1v) is 12.7. The van der Waals surface area contributed by atoms with E-state index in [-0.39, 0.29) is 28.2 Å². The van der Waals surface area contributed by atoms with Crippen LogP contribution in [0.15, 0.2) is 90.0 Å². The van der Waals surface area contributed by atoms with E-state index in [0.717, 1.165) is 0 Å². The summed E-state index contributed by atoms with van der Waals surface area (Å²) in [5.41, 5.74) is 3.51. The number of nitrogens with one attached hydrogen (secondary N) is 1. The van der Waals surface area contributed by atoms with E-state index in [0.29, 0.717) is 27.1 Å². The molecule has 0 heterocycles. The first-order valence-electron chi connectivity index (χ1n) is 11.9. The molecule has 4 rings (SSSR count). The molecule has 11 heteroatoms. The van der Waals surface area contributed by atoms with Crippen LogP contribution in [0, 0.1) is 0 Å². The smallest absolute Gasteiger partial charge is 0.343 e. The first kappa shape index (κ1) is 29.1. The lowest BCUT2D eigenvalue weighted by Gasteiger charge is -2.11. The second kappa shape index (κ2) is 13.5. The SMILES string of the molecule is COc1ccc(C(=O)NN=Cc2ccc(OC(=O)c3ccc(Cl)cc3)cc2OC(=O)c2ccc(Cl)cc2)cc1OC. The molecule has 0 unspecified atom stereocenters. The van der Waals surface area contributed by atoms with Gasteiger partial charge in [-0.05, 0) is 78.9 Å². The number of carbonyl (C=O) groups excluding carboxylic acids is 3. The second-order valence-electron chi connectivity index (χ2n) is 8.26. The molecule has 0 atom stereocenters. The number of halogens is 2. The van der Waals surface area contributed by atoms with Gasteiger partial charge in [-0.25, -0.2) is 15.0 Å². The Balaban J connectivity index is 1.56. The third kappa shape index (κ3) is 7.63.